The zero-order chi connectivity index (χ0) is 17.6. The molecule has 0 saturated heterocycles. The number of aryl methyl sites for hydroxylation is 4. The average Bonchev–Trinajstić information content (AvgIpc) is 3.31. The number of halogens is 1. The maximum Gasteiger partial charge on any atom is 0.105 e. The molecule has 25 heavy (non-hydrogen) atoms. The fourth-order valence-electron chi connectivity index (χ4n) is 2.00. The molecule has 3 aromatic heterocycles. The summed E-state index contributed by atoms with van der Waals surface area (Å²) in [5.74, 6) is 1.13. The van der Waals surface area contributed by atoms with E-state index in [1.54, 1.807) is 25.0 Å². The molecule has 0 aromatic carbocycles. The Kier molecular flexibility index (Phi) is 13.7. The van der Waals surface area contributed by atoms with Crippen molar-refractivity contribution in [3.05, 3.63) is 55.7 Å². The second-order valence-corrected chi connectivity index (χ2v) is 5.68. The van der Waals surface area contributed by atoms with Gasteiger partial charge in [-0.3, -0.25) is 0 Å². The zero-order valence-corrected chi connectivity index (χ0v) is 18.1. The van der Waals surface area contributed by atoms with E-state index in [4.69, 9.17) is 0 Å². The molecule has 0 fully saturated rings. The lowest BCUT2D eigenvalue weighted by molar-refractivity contribution is 0.573. The van der Waals surface area contributed by atoms with Gasteiger partial charge >= 0.3 is 0 Å². The molecule has 0 bridgehead atoms. The molecule has 0 aliphatic rings. The molecule has 3 aromatic rings. The highest BCUT2D eigenvalue weighted by molar-refractivity contribution is 14.0. The van der Waals surface area contributed by atoms with Crippen molar-refractivity contribution in [3.63, 3.8) is 0 Å². The molecule has 0 aliphatic heterocycles. The van der Waals surface area contributed by atoms with Crippen LogP contribution in [0.5, 0.6) is 0 Å². The van der Waals surface area contributed by atoms with Crippen LogP contribution in [0.2, 0.25) is 0 Å². The summed E-state index contributed by atoms with van der Waals surface area (Å²) in [6, 6.07) is 0. The first-order chi connectivity index (χ1) is 11.6. The van der Waals surface area contributed by atoms with Crippen molar-refractivity contribution in [2.75, 3.05) is 0 Å². The smallest absolute Gasteiger partial charge is 0.105 e. The van der Waals surface area contributed by atoms with Crippen LogP contribution < -0.4 is 0 Å². The summed E-state index contributed by atoms with van der Waals surface area (Å²) in [4.78, 5) is 11.7. The van der Waals surface area contributed by atoms with Gasteiger partial charge in [-0.05, 0) is 13.3 Å². The highest BCUT2D eigenvalue weighted by atomic mass is 127. The maximum atomic E-state index is 4.18. The molecular formula is C18H31IN6. The van der Waals surface area contributed by atoms with E-state index in [1.807, 2.05) is 41.8 Å². The molecule has 0 N–H and O–H groups in total. The van der Waals surface area contributed by atoms with Gasteiger partial charge in [0.1, 0.15) is 5.82 Å². The predicted molar refractivity (Wildman–Crippen MR) is 113 cm³/mol. The van der Waals surface area contributed by atoms with Crippen LogP contribution in [-0.2, 0) is 20.6 Å². The van der Waals surface area contributed by atoms with Crippen molar-refractivity contribution < 1.29 is 0 Å². The van der Waals surface area contributed by atoms with E-state index < -0.39 is 0 Å². The van der Waals surface area contributed by atoms with Crippen LogP contribution in [0.4, 0.5) is 0 Å². The van der Waals surface area contributed by atoms with E-state index in [0.717, 1.165) is 12.4 Å². The molecule has 0 unspecified atom stereocenters. The minimum atomic E-state index is 0. The average molecular weight is 458 g/mol. The van der Waals surface area contributed by atoms with Crippen molar-refractivity contribution in [2.45, 2.75) is 46.1 Å². The van der Waals surface area contributed by atoms with Gasteiger partial charge in [-0.15, -0.1) is 24.0 Å². The van der Waals surface area contributed by atoms with Crippen molar-refractivity contribution in [2.24, 2.45) is 14.1 Å². The van der Waals surface area contributed by atoms with E-state index in [1.165, 1.54) is 25.7 Å². The summed E-state index contributed by atoms with van der Waals surface area (Å²) < 4.78 is 6.00. The van der Waals surface area contributed by atoms with Gasteiger partial charge in [-0.2, -0.15) is 0 Å². The molecule has 0 spiro atoms. The third-order valence-corrected chi connectivity index (χ3v) is 3.45. The van der Waals surface area contributed by atoms with Gasteiger partial charge in [-0.1, -0.05) is 26.2 Å². The summed E-state index contributed by atoms with van der Waals surface area (Å²) >= 11 is 0. The standard InChI is InChI=1S/C10H18N2.2C4H6N2.HI/c1-3-4-5-6-8-12-9-7-11-10(12)2;2*1-6-3-2-5-4-6;/h7,9H,3-6,8H2,1-2H3;2*2-4H,1H3;1H. The quantitative estimate of drug-likeness (QED) is 0.425. The van der Waals surface area contributed by atoms with Crippen LogP contribution in [0.25, 0.3) is 0 Å². The second-order valence-electron chi connectivity index (χ2n) is 5.68. The lowest BCUT2D eigenvalue weighted by Crippen LogP contribution is -1.98. The molecule has 0 atom stereocenters. The lowest BCUT2D eigenvalue weighted by atomic mass is 10.2. The van der Waals surface area contributed by atoms with Crippen LogP contribution >= 0.6 is 24.0 Å². The maximum absolute atomic E-state index is 4.18. The Balaban J connectivity index is 0.000000373. The van der Waals surface area contributed by atoms with Crippen molar-refractivity contribution in [3.8, 4) is 0 Å². The largest absolute Gasteiger partial charge is 0.341 e. The Morgan fingerprint density at radius 1 is 0.840 bits per heavy atom. The first-order valence-electron chi connectivity index (χ1n) is 8.45. The van der Waals surface area contributed by atoms with Gasteiger partial charge < -0.3 is 13.7 Å². The number of hydrogen-bond donors (Lipinski definition) is 0. The molecule has 140 valence electrons. The highest BCUT2D eigenvalue weighted by Gasteiger charge is 1.94. The Morgan fingerprint density at radius 3 is 1.76 bits per heavy atom. The Labute approximate surface area is 168 Å². The van der Waals surface area contributed by atoms with Crippen LogP contribution in [0.3, 0.4) is 0 Å². The van der Waals surface area contributed by atoms with E-state index in [9.17, 15) is 0 Å². The van der Waals surface area contributed by atoms with Gasteiger partial charge in [0.15, 0.2) is 0 Å². The van der Waals surface area contributed by atoms with Crippen molar-refractivity contribution >= 4 is 24.0 Å². The van der Waals surface area contributed by atoms with Gasteiger partial charge in [0.25, 0.3) is 0 Å². The number of hydrogen-bond acceptors (Lipinski definition) is 3. The first-order valence-corrected chi connectivity index (χ1v) is 8.45. The fraction of sp³-hybridized carbons (Fsp3) is 0.500. The van der Waals surface area contributed by atoms with Gasteiger partial charge in [0.2, 0.25) is 0 Å². The monoisotopic (exact) mass is 458 g/mol. The first kappa shape index (κ1) is 23.4. The SMILES string of the molecule is CCCCCCn1ccnc1C.Cn1ccnc1.Cn1ccnc1.I. The fourth-order valence-corrected chi connectivity index (χ4v) is 2.00. The third-order valence-electron chi connectivity index (χ3n) is 3.45. The number of imidazole rings is 3. The van der Waals surface area contributed by atoms with Gasteiger partial charge in [-0.25, -0.2) is 15.0 Å². The molecule has 3 rings (SSSR count). The molecular weight excluding hydrogens is 427 g/mol. The van der Waals surface area contributed by atoms with E-state index in [-0.39, 0.29) is 24.0 Å². The van der Waals surface area contributed by atoms with E-state index in [2.05, 4.69) is 39.6 Å². The Bertz CT molecular complexity index is 584. The summed E-state index contributed by atoms with van der Waals surface area (Å²) in [5, 5.41) is 0. The normalized spacial score (nSPS) is 9.28. The zero-order valence-electron chi connectivity index (χ0n) is 15.7. The molecule has 6 nitrogen and oxygen atoms in total. The third kappa shape index (κ3) is 11.5. The minimum Gasteiger partial charge on any atom is -0.341 e. The Hall–Kier alpha value is -1.64. The van der Waals surface area contributed by atoms with Gasteiger partial charge in [0.05, 0.1) is 12.7 Å². The summed E-state index contributed by atoms with van der Waals surface area (Å²) in [7, 11) is 3.88. The van der Waals surface area contributed by atoms with Crippen molar-refractivity contribution in [1.82, 2.24) is 28.7 Å². The van der Waals surface area contributed by atoms with Crippen LogP contribution in [0.15, 0.2) is 49.8 Å². The molecule has 0 saturated carbocycles. The van der Waals surface area contributed by atoms with Crippen LogP contribution in [0, 0.1) is 6.92 Å². The summed E-state index contributed by atoms with van der Waals surface area (Å²) in [6.45, 7) is 5.42. The van der Waals surface area contributed by atoms with Crippen molar-refractivity contribution in [1.29, 1.82) is 0 Å². The molecule has 7 heteroatoms. The molecule has 0 aliphatic carbocycles. The number of aromatic nitrogens is 6. The second kappa shape index (κ2) is 14.7. The Morgan fingerprint density at radius 2 is 1.44 bits per heavy atom. The lowest BCUT2D eigenvalue weighted by Gasteiger charge is -2.03. The number of nitrogens with zero attached hydrogens (tertiary/aromatic N) is 6. The van der Waals surface area contributed by atoms with Crippen LogP contribution in [-0.4, -0.2) is 28.7 Å². The summed E-state index contributed by atoms with van der Waals surface area (Å²) in [5.41, 5.74) is 0. The topological polar surface area (TPSA) is 53.5 Å². The predicted octanol–water partition coefficient (Wildman–Crippen LogP) is 4.23. The molecule has 0 radical (unpaired) electrons. The van der Waals surface area contributed by atoms with E-state index >= 15 is 0 Å². The number of rotatable bonds is 5. The molecule has 0 amide bonds. The van der Waals surface area contributed by atoms with Crippen LogP contribution in [0.1, 0.15) is 38.4 Å². The highest BCUT2D eigenvalue weighted by Crippen LogP contribution is 2.03. The minimum absolute atomic E-state index is 0. The van der Waals surface area contributed by atoms with E-state index in [0.29, 0.717) is 0 Å². The summed E-state index contributed by atoms with van der Waals surface area (Å²) in [6.07, 6.45) is 20.0. The number of unbranched alkanes of at least 4 members (excludes halogenated alkanes) is 3. The van der Waals surface area contributed by atoms with Gasteiger partial charge in [0, 0.05) is 57.8 Å². The molecule has 3 heterocycles.